The van der Waals surface area contributed by atoms with E-state index in [4.69, 9.17) is 0 Å². The van der Waals surface area contributed by atoms with Crippen molar-refractivity contribution in [1.29, 1.82) is 0 Å². The fourth-order valence-electron chi connectivity index (χ4n) is 1.86. The Labute approximate surface area is 111 Å². The maximum absolute atomic E-state index is 11.8. The highest BCUT2D eigenvalue weighted by atomic mass is 16.3. The topological polar surface area (TPSA) is 67.2 Å². The number of aryl methyl sites for hydroxylation is 3. The Morgan fingerprint density at radius 1 is 1.47 bits per heavy atom. The van der Waals surface area contributed by atoms with E-state index in [9.17, 15) is 9.90 Å². The number of nitrogens with one attached hydrogen (secondary N) is 1. The predicted octanol–water partition coefficient (Wildman–Crippen LogP) is 2.01. The van der Waals surface area contributed by atoms with Crippen molar-refractivity contribution in [3.05, 3.63) is 41.7 Å². The predicted molar refractivity (Wildman–Crippen MR) is 73.0 cm³/mol. The molecular weight excluding hydrogens is 242 g/mol. The number of hydrogen-bond donors (Lipinski definition) is 2. The molecule has 1 heterocycles. The Balaban J connectivity index is 1.90. The van der Waals surface area contributed by atoms with Crippen LogP contribution in [-0.2, 0) is 18.3 Å². The Kier molecular flexibility index (Phi) is 3.85. The van der Waals surface area contributed by atoms with Crippen molar-refractivity contribution in [3.8, 4) is 5.75 Å². The van der Waals surface area contributed by atoms with E-state index in [-0.39, 0.29) is 11.7 Å². The Bertz CT molecular complexity index is 590. The number of anilines is 1. The third-order valence-electron chi connectivity index (χ3n) is 2.88. The first-order valence-electron chi connectivity index (χ1n) is 6.11. The second-order valence-electron chi connectivity index (χ2n) is 4.57. The molecule has 0 saturated heterocycles. The van der Waals surface area contributed by atoms with Crippen LogP contribution in [0, 0.1) is 6.92 Å². The summed E-state index contributed by atoms with van der Waals surface area (Å²) in [5.74, 6) is 0.156. The van der Waals surface area contributed by atoms with Crippen LogP contribution in [0.1, 0.15) is 17.5 Å². The van der Waals surface area contributed by atoms with Gasteiger partial charge in [0.2, 0.25) is 5.91 Å². The number of benzene rings is 1. The van der Waals surface area contributed by atoms with E-state index < -0.39 is 0 Å². The van der Waals surface area contributed by atoms with Crippen LogP contribution in [-0.4, -0.2) is 20.8 Å². The van der Waals surface area contributed by atoms with E-state index in [0.717, 1.165) is 16.8 Å². The van der Waals surface area contributed by atoms with Crippen molar-refractivity contribution in [3.63, 3.8) is 0 Å². The van der Waals surface area contributed by atoms with Gasteiger partial charge in [0.15, 0.2) is 0 Å². The standard InChI is InChI=1S/C14H17N3O2/c1-10-7-12(18)4-5-13(10)16-14(19)6-3-11-8-15-17(2)9-11/h4-5,7-9,18H,3,6H2,1-2H3,(H,16,19). The van der Waals surface area contributed by atoms with Gasteiger partial charge in [-0.2, -0.15) is 5.10 Å². The number of phenols is 1. The quantitative estimate of drug-likeness (QED) is 0.825. The van der Waals surface area contributed by atoms with Gasteiger partial charge >= 0.3 is 0 Å². The number of nitrogens with zero attached hydrogens (tertiary/aromatic N) is 2. The summed E-state index contributed by atoms with van der Waals surface area (Å²) in [5, 5.41) is 16.2. The first kappa shape index (κ1) is 13.1. The van der Waals surface area contributed by atoms with E-state index in [1.165, 1.54) is 0 Å². The lowest BCUT2D eigenvalue weighted by Crippen LogP contribution is -2.13. The van der Waals surface area contributed by atoms with Crippen LogP contribution in [0.3, 0.4) is 0 Å². The van der Waals surface area contributed by atoms with E-state index >= 15 is 0 Å². The molecule has 5 nitrogen and oxygen atoms in total. The van der Waals surface area contributed by atoms with Crippen LogP contribution in [0.25, 0.3) is 0 Å². The van der Waals surface area contributed by atoms with Crippen LogP contribution in [0.2, 0.25) is 0 Å². The summed E-state index contributed by atoms with van der Waals surface area (Å²) in [4.78, 5) is 11.8. The van der Waals surface area contributed by atoms with Gasteiger partial charge in [-0.3, -0.25) is 9.48 Å². The molecular formula is C14H17N3O2. The monoisotopic (exact) mass is 259 g/mol. The largest absolute Gasteiger partial charge is 0.508 e. The molecule has 0 aliphatic carbocycles. The van der Waals surface area contributed by atoms with Gasteiger partial charge in [-0.1, -0.05) is 0 Å². The number of phenolic OH excluding ortho intramolecular Hbond substituents is 1. The normalized spacial score (nSPS) is 10.4. The zero-order valence-corrected chi connectivity index (χ0v) is 11.1. The minimum atomic E-state index is -0.0438. The van der Waals surface area contributed by atoms with Crippen LogP contribution < -0.4 is 5.32 Å². The van der Waals surface area contributed by atoms with Crippen molar-refractivity contribution in [1.82, 2.24) is 9.78 Å². The summed E-state index contributed by atoms with van der Waals surface area (Å²) >= 11 is 0. The summed E-state index contributed by atoms with van der Waals surface area (Å²) in [6.07, 6.45) is 4.74. The van der Waals surface area contributed by atoms with Crippen molar-refractivity contribution < 1.29 is 9.90 Å². The fraction of sp³-hybridized carbons (Fsp3) is 0.286. The highest BCUT2D eigenvalue weighted by Gasteiger charge is 2.06. The Hall–Kier alpha value is -2.30. The minimum Gasteiger partial charge on any atom is -0.508 e. The highest BCUT2D eigenvalue weighted by Crippen LogP contribution is 2.20. The third-order valence-corrected chi connectivity index (χ3v) is 2.88. The zero-order chi connectivity index (χ0) is 13.8. The summed E-state index contributed by atoms with van der Waals surface area (Å²) < 4.78 is 1.72. The summed E-state index contributed by atoms with van der Waals surface area (Å²) in [5.41, 5.74) is 2.61. The van der Waals surface area contributed by atoms with Gasteiger partial charge in [-0.05, 0) is 42.7 Å². The highest BCUT2D eigenvalue weighted by molar-refractivity contribution is 5.91. The number of amides is 1. The molecule has 0 spiro atoms. The smallest absolute Gasteiger partial charge is 0.224 e. The molecule has 2 aromatic rings. The maximum Gasteiger partial charge on any atom is 0.224 e. The fourth-order valence-corrected chi connectivity index (χ4v) is 1.86. The van der Waals surface area contributed by atoms with Crippen molar-refractivity contribution in [2.24, 2.45) is 7.05 Å². The van der Waals surface area contributed by atoms with Crippen molar-refractivity contribution in [2.45, 2.75) is 19.8 Å². The molecule has 0 unspecified atom stereocenters. The summed E-state index contributed by atoms with van der Waals surface area (Å²) in [6, 6.07) is 4.88. The van der Waals surface area contributed by atoms with Gasteiger partial charge in [0.05, 0.1) is 6.20 Å². The van der Waals surface area contributed by atoms with Gasteiger partial charge in [0.25, 0.3) is 0 Å². The number of aromatic hydroxyl groups is 1. The van der Waals surface area contributed by atoms with Crippen LogP contribution in [0.5, 0.6) is 5.75 Å². The molecule has 1 aromatic carbocycles. The number of carbonyl (C=O) groups excluding carboxylic acids is 1. The molecule has 2 rings (SSSR count). The molecule has 100 valence electrons. The number of hydrogen-bond acceptors (Lipinski definition) is 3. The lowest BCUT2D eigenvalue weighted by atomic mass is 10.1. The molecule has 1 aromatic heterocycles. The molecule has 0 saturated carbocycles. The second-order valence-corrected chi connectivity index (χ2v) is 4.57. The maximum atomic E-state index is 11.8. The molecule has 0 fully saturated rings. The molecule has 0 aliphatic heterocycles. The molecule has 0 aliphatic rings. The van der Waals surface area contributed by atoms with Gasteiger partial charge in [0.1, 0.15) is 5.75 Å². The number of rotatable bonds is 4. The lowest BCUT2D eigenvalue weighted by Gasteiger charge is -2.08. The molecule has 0 bridgehead atoms. The van der Waals surface area contributed by atoms with E-state index in [1.54, 1.807) is 29.1 Å². The summed E-state index contributed by atoms with van der Waals surface area (Å²) in [7, 11) is 1.85. The molecule has 1 amide bonds. The Morgan fingerprint density at radius 2 is 2.26 bits per heavy atom. The van der Waals surface area contributed by atoms with Gasteiger partial charge in [-0.15, -0.1) is 0 Å². The summed E-state index contributed by atoms with van der Waals surface area (Å²) in [6.45, 7) is 1.84. The Morgan fingerprint density at radius 3 is 2.89 bits per heavy atom. The van der Waals surface area contributed by atoms with E-state index in [2.05, 4.69) is 10.4 Å². The SMILES string of the molecule is Cc1cc(O)ccc1NC(=O)CCc1cnn(C)c1. The van der Waals surface area contributed by atoms with Crippen LogP contribution in [0.4, 0.5) is 5.69 Å². The number of aromatic nitrogens is 2. The van der Waals surface area contributed by atoms with Crippen molar-refractivity contribution in [2.75, 3.05) is 5.32 Å². The second kappa shape index (κ2) is 5.56. The van der Waals surface area contributed by atoms with E-state index in [1.807, 2.05) is 20.2 Å². The third kappa shape index (κ3) is 3.58. The van der Waals surface area contributed by atoms with Crippen LogP contribution >= 0.6 is 0 Å². The molecule has 19 heavy (non-hydrogen) atoms. The molecule has 2 N–H and O–H groups in total. The average Bonchev–Trinajstić information content (AvgIpc) is 2.76. The van der Waals surface area contributed by atoms with Crippen molar-refractivity contribution >= 4 is 11.6 Å². The first-order chi connectivity index (χ1) is 9.04. The molecule has 5 heteroatoms. The number of carbonyl (C=O) groups is 1. The van der Waals surface area contributed by atoms with Gasteiger partial charge in [0, 0.05) is 25.4 Å². The first-order valence-corrected chi connectivity index (χ1v) is 6.11. The zero-order valence-electron chi connectivity index (χ0n) is 11.1. The minimum absolute atomic E-state index is 0.0438. The van der Waals surface area contributed by atoms with Gasteiger partial charge < -0.3 is 10.4 Å². The molecule has 0 atom stereocenters. The van der Waals surface area contributed by atoms with Crippen LogP contribution in [0.15, 0.2) is 30.6 Å². The lowest BCUT2D eigenvalue weighted by molar-refractivity contribution is -0.116. The van der Waals surface area contributed by atoms with E-state index in [0.29, 0.717) is 12.8 Å². The molecule has 0 radical (unpaired) electrons. The van der Waals surface area contributed by atoms with Gasteiger partial charge in [-0.25, -0.2) is 0 Å². The average molecular weight is 259 g/mol.